The molecule has 1 saturated heterocycles. The molecule has 2 unspecified atom stereocenters. The molecule has 0 radical (unpaired) electrons. The van der Waals surface area contributed by atoms with Crippen LogP contribution in [0.25, 0.3) is 0 Å². The number of nitrogens with one attached hydrogen (secondary N) is 1. The summed E-state index contributed by atoms with van der Waals surface area (Å²) in [5.74, 6) is 0. The summed E-state index contributed by atoms with van der Waals surface area (Å²) in [6.07, 6.45) is 9.84. The van der Waals surface area contributed by atoms with E-state index in [9.17, 15) is 0 Å². The lowest BCUT2D eigenvalue weighted by atomic mass is 10.0. The van der Waals surface area contributed by atoms with E-state index in [2.05, 4.69) is 19.2 Å². The Kier molecular flexibility index (Phi) is 5.93. The fourth-order valence-corrected chi connectivity index (χ4v) is 2.73. The van der Waals surface area contributed by atoms with Gasteiger partial charge in [-0.25, -0.2) is 0 Å². The van der Waals surface area contributed by atoms with Gasteiger partial charge in [-0.1, -0.05) is 0 Å². The number of unbranched alkanes of at least 4 members (excludes halogenated alkanes) is 2. The van der Waals surface area contributed by atoms with Gasteiger partial charge in [-0.2, -0.15) is 0 Å². The topological polar surface area (TPSA) is 30.5 Å². The zero-order chi connectivity index (χ0) is 12.8. The summed E-state index contributed by atoms with van der Waals surface area (Å²) in [6, 6.07) is 0.853. The number of hydrogen-bond acceptors (Lipinski definition) is 3. The van der Waals surface area contributed by atoms with E-state index >= 15 is 0 Å². The molecule has 2 fully saturated rings. The summed E-state index contributed by atoms with van der Waals surface area (Å²) in [7, 11) is 0. The van der Waals surface area contributed by atoms with Crippen molar-refractivity contribution in [1.29, 1.82) is 0 Å². The Labute approximate surface area is 112 Å². The first-order chi connectivity index (χ1) is 8.74. The van der Waals surface area contributed by atoms with Crippen LogP contribution in [0.1, 0.15) is 58.8 Å². The fraction of sp³-hybridized carbons (Fsp3) is 1.00. The van der Waals surface area contributed by atoms with Crippen molar-refractivity contribution in [2.24, 2.45) is 0 Å². The SMILES string of the molecule is CC1CC(OCCCCCNC2CC2)CC(C)O1. The molecule has 0 aromatic carbocycles. The summed E-state index contributed by atoms with van der Waals surface area (Å²) in [5.41, 5.74) is 0. The van der Waals surface area contributed by atoms with E-state index in [1.54, 1.807) is 0 Å². The van der Waals surface area contributed by atoms with Gasteiger partial charge >= 0.3 is 0 Å². The van der Waals surface area contributed by atoms with Gasteiger partial charge in [-0.15, -0.1) is 0 Å². The van der Waals surface area contributed by atoms with Crippen LogP contribution >= 0.6 is 0 Å². The van der Waals surface area contributed by atoms with Gasteiger partial charge in [-0.3, -0.25) is 0 Å². The second-order valence-electron chi connectivity index (χ2n) is 6.01. The molecule has 106 valence electrons. The second-order valence-corrected chi connectivity index (χ2v) is 6.01. The normalized spacial score (nSPS) is 32.7. The van der Waals surface area contributed by atoms with Crippen LogP contribution in [-0.2, 0) is 9.47 Å². The minimum atomic E-state index is 0.362. The smallest absolute Gasteiger partial charge is 0.0624 e. The third kappa shape index (κ3) is 5.68. The van der Waals surface area contributed by atoms with Crippen molar-refractivity contribution < 1.29 is 9.47 Å². The highest BCUT2D eigenvalue weighted by Crippen LogP contribution is 2.22. The van der Waals surface area contributed by atoms with Crippen LogP contribution in [0, 0.1) is 0 Å². The van der Waals surface area contributed by atoms with Crippen molar-refractivity contribution in [3.05, 3.63) is 0 Å². The van der Waals surface area contributed by atoms with Crippen LogP contribution in [0.15, 0.2) is 0 Å². The minimum Gasteiger partial charge on any atom is -0.378 e. The Hall–Kier alpha value is -0.120. The highest BCUT2D eigenvalue weighted by molar-refractivity contribution is 4.80. The van der Waals surface area contributed by atoms with E-state index in [0.717, 1.165) is 25.5 Å². The van der Waals surface area contributed by atoms with Crippen LogP contribution in [0.5, 0.6) is 0 Å². The summed E-state index contributed by atoms with van der Waals surface area (Å²) in [5, 5.41) is 3.55. The number of hydrogen-bond donors (Lipinski definition) is 1. The van der Waals surface area contributed by atoms with Crippen LogP contribution in [0.3, 0.4) is 0 Å². The molecule has 2 aliphatic rings. The zero-order valence-corrected chi connectivity index (χ0v) is 12.0. The Balaban J connectivity index is 1.42. The van der Waals surface area contributed by atoms with E-state index in [1.165, 1.54) is 38.6 Å². The second kappa shape index (κ2) is 7.46. The lowest BCUT2D eigenvalue weighted by molar-refractivity contribution is -0.102. The molecule has 0 aromatic rings. The molecule has 1 aliphatic heterocycles. The fourth-order valence-electron chi connectivity index (χ4n) is 2.73. The van der Waals surface area contributed by atoms with E-state index in [1.807, 2.05) is 0 Å². The van der Waals surface area contributed by atoms with Crippen molar-refractivity contribution in [1.82, 2.24) is 5.32 Å². The van der Waals surface area contributed by atoms with Gasteiger partial charge in [0.15, 0.2) is 0 Å². The van der Waals surface area contributed by atoms with Crippen LogP contribution in [0.2, 0.25) is 0 Å². The first-order valence-corrected chi connectivity index (χ1v) is 7.74. The van der Waals surface area contributed by atoms with Gasteiger partial charge in [0.2, 0.25) is 0 Å². The van der Waals surface area contributed by atoms with Crippen LogP contribution < -0.4 is 5.32 Å². The average Bonchev–Trinajstić information content (AvgIpc) is 3.10. The van der Waals surface area contributed by atoms with Gasteiger partial charge in [-0.05, 0) is 65.3 Å². The lowest BCUT2D eigenvalue weighted by Crippen LogP contribution is -2.34. The molecule has 2 atom stereocenters. The monoisotopic (exact) mass is 255 g/mol. The van der Waals surface area contributed by atoms with E-state index in [4.69, 9.17) is 9.47 Å². The predicted molar refractivity (Wildman–Crippen MR) is 73.9 cm³/mol. The molecule has 3 heteroatoms. The third-order valence-corrected chi connectivity index (χ3v) is 3.84. The predicted octanol–water partition coefficient (Wildman–Crippen LogP) is 2.88. The molecule has 2 rings (SSSR count). The quantitative estimate of drug-likeness (QED) is 0.677. The summed E-state index contributed by atoms with van der Waals surface area (Å²) in [4.78, 5) is 0. The maximum Gasteiger partial charge on any atom is 0.0624 e. The zero-order valence-electron chi connectivity index (χ0n) is 12.0. The highest BCUT2D eigenvalue weighted by atomic mass is 16.5. The first-order valence-electron chi connectivity index (χ1n) is 7.74. The van der Waals surface area contributed by atoms with Crippen molar-refractivity contribution >= 4 is 0 Å². The maximum absolute atomic E-state index is 5.96. The van der Waals surface area contributed by atoms with Crippen molar-refractivity contribution in [3.8, 4) is 0 Å². The van der Waals surface area contributed by atoms with Gasteiger partial charge in [0.1, 0.15) is 0 Å². The standard InChI is InChI=1S/C15H29NO2/c1-12-10-15(11-13(2)18-12)17-9-5-3-4-8-16-14-6-7-14/h12-16H,3-11H2,1-2H3. The number of rotatable bonds is 8. The van der Waals surface area contributed by atoms with Gasteiger partial charge in [0, 0.05) is 12.6 Å². The molecule has 0 aromatic heterocycles. The molecule has 1 saturated carbocycles. The number of ether oxygens (including phenoxy) is 2. The largest absolute Gasteiger partial charge is 0.378 e. The van der Waals surface area contributed by atoms with Gasteiger partial charge < -0.3 is 14.8 Å². The molecule has 18 heavy (non-hydrogen) atoms. The molecular weight excluding hydrogens is 226 g/mol. The molecule has 0 amide bonds. The highest BCUT2D eigenvalue weighted by Gasteiger charge is 2.24. The van der Waals surface area contributed by atoms with Crippen LogP contribution in [0.4, 0.5) is 0 Å². The third-order valence-electron chi connectivity index (χ3n) is 3.84. The maximum atomic E-state index is 5.96. The Morgan fingerprint density at radius 1 is 1.06 bits per heavy atom. The summed E-state index contributed by atoms with van der Waals surface area (Å²) in [6.45, 7) is 6.41. The van der Waals surface area contributed by atoms with Crippen molar-refractivity contribution in [3.63, 3.8) is 0 Å². The van der Waals surface area contributed by atoms with Crippen LogP contribution in [-0.4, -0.2) is 37.5 Å². The Morgan fingerprint density at radius 2 is 1.78 bits per heavy atom. The Morgan fingerprint density at radius 3 is 2.44 bits per heavy atom. The molecule has 3 nitrogen and oxygen atoms in total. The molecule has 0 spiro atoms. The Bertz CT molecular complexity index is 221. The summed E-state index contributed by atoms with van der Waals surface area (Å²) < 4.78 is 11.7. The molecule has 0 bridgehead atoms. The first kappa shape index (κ1) is 14.3. The lowest BCUT2D eigenvalue weighted by Gasteiger charge is -2.32. The van der Waals surface area contributed by atoms with Gasteiger partial charge in [0.25, 0.3) is 0 Å². The average molecular weight is 255 g/mol. The molecule has 1 heterocycles. The molecular formula is C15H29NO2. The van der Waals surface area contributed by atoms with E-state index in [-0.39, 0.29) is 0 Å². The molecule has 1 N–H and O–H groups in total. The van der Waals surface area contributed by atoms with Gasteiger partial charge in [0.05, 0.1) is 18.3 Å². The minimum absolute atomic E-state index is 0.362. The van der Waals surface area contributed by atoms with Crippen molar-refractivity contribution in [2.75, 3.05) is 13.2 Å². The van der Waals surface area contributed by atoms with Crippen molar-refractivity contribution in [2.45, 2.75) is 83.1 Å². The molecule has 1 aliphatic carbocycles. The van der Waals surface area contributed by atoms with E-state index in [0.29, 0.717) is 18.3 Å². The summed E-state index contributed by atoms with van der Waals surface area (Å²) >= 11 is 0. The van der Waals surface area contributed by atoms with E-state index < -0.39 is 0 Å².